The highest BCUT2D eigenvalue weighted by Crippen LogP contribution is 2.36. The Bertz CT molecular complexity index is 1050. The quantitative estimate of drug-likeness (QED) is 0.307. The van der Waals surface area contributed by atoms with Crippen molar-refractivity contribution in [3.63, 3.8) is 0 Å². The van der Waals surface area contributed by atoms with Gasteiger partial charge in [0.05, 0.1) is 8.07 Å². The minimum absolute atomic E-state index is 0.667. The molecular formula is C27H28NPSi. The molecule has 1 nitrogen and oxygen atoms in total. The Balaban J connectivity index is 1.95. The molecule has 0 aromatic heterocycles. The van der Waals surface area contributed by atoms with Gasteiger partial charge in [0, 0.05) is 16.7 Å². The van der Waals surface area contributed by atoms with Crippen LogP contribution >= 0.6 is 7.92 Å². The SMILES string of the molecule is C[Si](C)(C)c1cccc(P(c2ccccc2)c2ccccc2)c1Nc1ccccc1. The molecule has 0 atom stereocenters. The second kappa shape index (κ2) is 9.00. The van der Waals surface area contributed by atoms with Crippen LogP contribution in [0.3, 0.4) is 0 Å². The van der Waals surface area contributed by atoms with E-state index in [4.69, 9.17) is 0 Å². The normalized spacial score (nSPS) is 11.5. The molecule has 1 N–H and O–H groups in total. The van der Waals surface area contributed by atoms with Crippen molar-refractivity contribution in [3.8, 4) is 0 Å². The Morgan fingerprint density at radius 3 is 1.57 bits per heavy atom. The van der Waals surface area contributed by atoms with E-state index in [2.05, 4.69) is 134 Å². The molecule has 0 fully saturated rings. The molecule has 150 valence electrons. The van der Waals surface area contributed by atoms with Crippen molar-refractivity contribution in [1.29, 1.82) is 0 Å². The van der Waals surface area contributed by atoms with E-state index in [-0.39, 0.29) is 0 Å². The van der Waals surface area contributed by atoms with Crippen LogP contribution in [0.25, 0.3) is 0 Å². The molecule has 0 aliphatic heterocycles. The molecule has 0 amide bonds. The monoisotopic (exact) mass is 425 g/mol. The lowest BCUT2D eigenvalue weighted by atomic mass is 10.2. The second-order valence-electron chi connectivity index (χ2n) is 8.45. The minimum atomic E-state index is -1.56. The van der Waals surface area contributed by atoms with Gasteiger partial charge in [-0.05, 0) is 35.9 Å². The zero-order valence-corrected chi connectivity index (χ0v) is 19.7. The van der Waals surface area contributed by atoms with E-state index < -0.39 is 16.0 Å². The van der Waals surface area contributed by atoms with E-state index in [1.807, 2.05) is 0 Å². The standard InChI is InChI=1S/C27H28NPSi/c1-30(2,3)26-21-13-20-25(27(26)28-22-14-7-4-8-15-22)29(23-16-9-5-10-17-23)24-18-11-6-12-19-24/h4-21,28H,1-3H3. The summed E-state index contributed by atoms with van der Waals surface area (Å²) in [6, 6.07) is 39.3. The molecule has 0 aliphatic rings. The van der Waals surface area contributed by atoms with Crippen molar-refractivity contribution in [2.75, 3.05) is 5.32 Å². The van der Waals surface area contributed by atoms with E-state index in [1.165, 1.54) is 26.8 Å². The zero-order valence-electron chi connectivity index (χ0n) is 17.8. The van der Waals surface area contributed by atoms with Crippen LogP contribution in [0.1, 0.15) is 0 Å². The average molecular weight is 426 g/mol. The highest BCUT2D eigenvalue weighted by atomic mass is 31.1. The number of anilines is 2. The van der Waals surface area contributed by atoms with Gasteiger partial charge in [-0.3, -0.25) is 0 Å². The Hall–Kier alpha value is -2.67. The number of hydrogen-bond acceptors (Lipinski definition) is 1. The topological polar surface area (TPSA) is 12.0 Å². The lowest BCUT2D eigenvalue weighted by Crippen LogP contribution is -2.42. The van der Waals surface area contributed by atoms with Gasteiger partial charge in [0.15, 0.2) is 0 Å². The van der Waals surface area contributed by atoms with Crippen LogP contribution in [-0.2, 0) is 0 Å². The summed E-state index contributed by atoms with van der Waals surface area (Å²) < 4.78 is 0. The molecule has 0 radical (unpaired) electrons. The average Bonchev–Trinajstić information content (AvgIpc) is 2.76. The summed E-state index contributed by atoms with van der Waals surface area (Å²) in [4.78, 5) is 0. The van der Waals surface area contributed by atoms with Gasteiger partial charge in [0.1, 0.15) is 0 Å². The lowest BCUT2D eigenvalue weighted by Gasteiger charge is -2.28. The van der Waals surface area contributed by atoms with Crippen LogP contribution in [0.15, 0.2) is 109 Å². The maximum Gasteiger partial charge on any atom is 0.0803 e. The van der Waals surface area contributed by atoms with E-state index in [1.54, 1.807) is 0 Å². The molecule has 0 heterocycles. The van der Waals surface area contributed by atoms with E-state index in [9.17, 15) is 0 Å². The van der Waals surface area contributed by atoms with Gasteiger partial charge < -0.3 is 5.32 Å². The molecule has 0 saturated carbocycles. The number of hydrogen-bond donors (Lipinski definition) is 1. The van der Waals surface area contributed by atoms with Gasteiger partial charge in [-0.15, -0.1) is 0 Å². The molecular weight excluding hydrogens is 397 g/mol. The smallest absolute Gasteiger partial charge is 0.0803 e. The van der Waals surface area contributed by atoms with Crippen LogP contribution in [0, 0.1) is 0 Å². The first-order valence-corrected chi connectivity index (χ1v) is 15.2. The summed E-state index contributed by atoms with van der Waals surface area (Å²) in [5, 5.41) is 9.44. The van der Waals surface area contributed by atoms with Crippen molar-refractivity contribution in [2.45, 2.75) is 19.6 Å². The highest BCUT2D eigenvalue weighted by Gasteiger charge is 2.26. The van der Waals surface area contributed by atoms with Crippen molar-refractivity contribution in [1.82, 2.24) is 0 Å². The molecule has 0 saturated heterocycles. The van der Waals surface area contributed by atoms with Crippen LogP contribution in [0.2, 0.25) is 19.6 Å². The second-order valence-corrected chi connectivity index (χ2v) is 15.7. The summed E-state index contributed by atoms with van der Waals surface area (Å²) in [7, 11) is -2.23. The molecule has 0 bridgehead atoms. The third-order valence-electron chi connectivity index (χ3n) is 5.16. The number of rotatable bonds is 6. The molecule has 4 aromatic carbocycles. The van der Waals surface area contributed by atoms with Crippen molar-refractivity contribution < 1.29 is 0 Å². The third-order valence-corrected chi connectivity index (χ3v) is 9.68. The minimum Gasteiger partial charge on any atom is -0.355 e. The molecule has 30 heavy (non-hydrogen) atoms. The molecule has 4 aromatic rings. The predicted molar refractivity (Wildman–Crippen MR) is 138 cm³/mol. The van der Waals surface area contributed by atoms with Gasteiger partial charge >= 0.3 is 0 Å². The first-order chi connectivity index (χ1) is 14.5. The van der Waals surface area contributed by atoms with Crippen LogP contribution in [-0.4, -0.2) is 8.07 Å². The van der Waals surface area contributed by atoms with Gasteiger partial charge in [0.25, 0.3) is 0 Å². The van der Waals surface area contributed by atoms with E-state index in [0.717, 1.165) is 5.69 Å². The highest BCUT2D eigenvalue weighted by molar-refractivity contribution is 7.80. The van der Waals surface area contributed by atoms with E-state index >= 15 is 0 Å². The predicted octanol–water partition coefficient (Wildman–Crippen LogP) is 5.73. The molecule has 0 unspecified atom stereocenters. The van der Waals surface area contributed by atoms with Crippen LogP contribution in [0.4, 0.5) is 11.4 Å². The number of benzene rings is 4. The fourth-order valence-electron chi connectivity index (χ4n) is 3.73. The number of nitrogens with one attached hydrogen (secondary N) is 1. The Labute approximate surface area is 182 Å². The molecule has 3 heteroatoms. The Morgan fingerprint density at radius 1 is 0.567 bits per heavy atom. The Morgan fingerprint density at radius 2 is 1.07 bits per heavy atom. The van der Waals surface area contributed by atoms with Crippen molar-refractivity contribution >= 4 is 48.5 Å². The summed E-state index contributed by atoms with van der Waals surface area (Å²) in [5.74, 6) is 0. The van der Waals surface area contributed by atoms with Gasteiger partial charge in [-0.1, -0.05) is 117 Å². The molecule has 0 aliphatic carbocycles. The zero-order chi connectivity index (χ0) is 21.0. The van der Waals surface area contributed by atoms with Gasteiger partial charge in [0.2, 0.25) is 0 Å². The van der Waals surface area contributed by atoms with Crippen LogP contribution < -0.4 is 26.4 Å². The maximum atomic E-state index is 3.82. The molecule has 4 rings (SSSR count). The fraction of sp³-hybridized carbons (Fsp3) is 0.111. The lowest BCUT2D eigenvalue weighted by molar-refractivity contribution is 1.57. The summed E-state index contributed by atoms with van der Waals surface area (Å²) >= 11 is 0. The Kier molecular flexibility index (Phi) is 6.18. The summed E-state index contributed by atoms with van der Waals surface area (Å²) in [6.07, 6.45) is 0. The first kappa shape index (κ1) is 20.6. The van der Waals surface area contributed by atoms with Crippen molar-refractivity contribution in [2.24, 2.45) is 0 Å². The largest absolute Gasteiger partial charge is 0.355 e. The summed E-state index contributed by atoms with van der Waals surface area (Å²) in [6.45, 7) is 7.28. The third kappa shape index (κ3) is 4.56. The van der Waals surface area contributed by atoms with Crippen molar-refractivity contribution in [3.05, 3.63) is 109 Å². The first-order valence-electron chi connectivity index (χ1n) is 10.4. The number of para-hydroxylation sites is 2. The molecule has 0 spiro atoms. The maximum absolute atomic E-state index is 3.82. The summed E-state index contributed by atoms with van der Waals surface area (Å²) in [5.41, 5.74) is 2.43. The van der Waals surface area contributed by atoms with E-state index in [0.29, 0.717) is 0 Å². The fourth-order valence-corrected chi connectivity index (χ4v) is 7.81. The van der Waals surface area contributed by atoms with Gasteiger partial charge in [-0.2, -0.15) is 0 Å². The van der Waals surface area contributed by atoms with Gasteiger partial charge in [-0.25, -0.2) is 0 Å². The van der Waals surface area contributed by atoms with Crippen LogP contribution in [0.5, 0.6) is 0 Å².